The van der Waals surface area contributed by atoms with E-state index in [0.717, 1.165) is 23.5 Å². The van der Waals surface area contributed by atoms with Gasteiger partial charge in [-0.2, -0.15) is 5.10 Å². The van der Waals surface area contributed by atoms with Crippen LogP contribution in [-0.4, -0.2) is 24.1 Å². The molecule has 0 aliphatic carbocycles. The van der Waals surface area contributed by atoms with Gasteiger partial charge in [0.2, 0.25) is 15.9 Å². The van der Waals surface area contributed by atoms with Gasteiger partial charge < -0.3 is 5.32 Å². The predicted octanol–water partition coefficient (Wildman–Crippen LogP) is 2.52. The lowest BCUT2D eigenvalue weighted by Crippen LogP contribution is -2.15. The normalized spacial score (nSPS) is 11.8. The number of nitrogens with zero attached hydrogens (tertiary/aromatic N) is 2. The number of rotatable bonds is 8. The van der Waals surface area contributed by atoms with Crippen LogP contribution in [0.4, 0.5) is 5.69 Å². The number of hydrogen-bond donors (Lipinski definition) is 2. The van der Waals surface area contributed by atoms with Gasteiger partial charge in [0.05, 0.1) is 11.4 Å². The molecule has 2 aromatic rings. The second kappa shape index (κ2) is 8.67. The van der Waals surface area contributed by atoms with Gasteiger partial charge in [-0.3, -0.25) is 9.48 Å². The molecule has 0 radical (unpaired) electrons. The number of nitrogens with one attached hydrogen (secondary N) is 1. The molecule has 2 rings (SSSR count). The highest BCUT2D eigenvalue weighted by Crippen LogP contribution is 2.18. The number of carbonyl (C=O) groups excluding carboxylic acids is 1. The van der Waals surface area contributed by atoms with Crippen molar-refractivity contribution in [2.75, 3.05) is 5.32 Å². The summed E-state index contributed by atoms with van der Waals surface area (Å²) in [5.74, 6) is 0.117. The van der Waals surface area contributed by atoms with Gasteiger partial charge >= 0.3 is 0 Å². The van der Waals surface area contributed by atoms with Gasteiger partial charge in [0.1, 0.15) is 0 Å². The Morgan fingerprint density at radius 2 is 2.00 bits per heavy atom. The molecule has 0 bridgehead atoms. The van der Waals surface area contributed by atoms with Gasteiger partial charge in [-0.15, -0.1) is 0 Å². The van der Waals surface area contributed by atoms with Crippen LogP contribution in [0.25, 0.3) is 0 Å². The Labute approximate surface area is 161 Å². The summed E-state index contributed by atoms with van der Waals surface area (Å²) in [5, 5.41) is 12.5. The maximum absolute atomic E-state index is 12.3. The summed E-state index contributed by atoms with van der Waals surface area (Å²) >= 11 is 0. The van der Waals surface area contributed by atoms with Crippen molar-refractivity contribution in [2.24, 2.45) is 11.1 Å². The van der Waals surface area contributed by atoms with E-state index in [2.05, 4.69) is 24.3 Å². The molecular formula is C19H28N4O3S. The second-order valence-corrected chi connectivity index (χ2v) is 8.90. The minimum absolute atomic E-state index is 0.127. The summed E-state index contributed by atoms with van der Waals surface area (Å²) in [7, 11) is -3.61. The second-order valence-electron chi connectivity index (χ2n) is 7.28. The molecule has 27 heavy (non-hydrogen) atoms. The van der Waals surface area contributed by atoms with Crippen molar-refractivity contribution >= 4 is 21.6 Å². The molecule has 0 aliphatic rings. The molecule has 148 valence electrons. The van der Waals surface area contributed by atoms with E-state index in [1.54, 1.807) is 24.3 Å². The van der Waals surface area contributed by atoms with Crippen molar-refractivity contribution in [1.82, 2.24) is 9.78 Å². The van der Waals surface area contributed by atoms with E-state index in [9.17, 15) is 13.2 Å². The smallest absolute Gasteiger partial charge is 0.224 e. The van der Waals surface area contributed by atoms with E-state index in [1.165, 1.54) is 0 Å². The third-order valence-electron chi connectivity index (χ3n) is 4.25. The fourth-order valence-corrected chi connectivity index (χ4v) is 3.70. The Morgan fingerprint density at radius 1 is 1.30 bits per heavy atom. The lowest BCUT2D eigenvalue weighted by Gasteiger charge is -2.09. The molecule has 1 amide bonds. The number of amides is 1. The van der Waals surface area contributed by atoms with Crippen molar-refractivity contribution < 1.29 is 13.2 Å². The standard InChI is InChI=1S/C19H28N4O3S/c1-13(2)11-23-15(4)18(14(3)22-23)8-9-19(24)21-17-7-5-6-16(10-17)12-27(20,25)26/h5-7,10,13H,8-9,11-12H2,1-4H3,(H,21,24)(H2,20,25,26). The van der Waals surface area contributed by atoms with Crippen LogP contribution in [0, 0.1) is 19.8 Å². The molecule has 0 atom stereocenters. The van der Waals surface area contributed by atoms with E-state index < -0.39 is 10.0 Å². The van der Waals surface area contributed by atoms with Crippen LogP contribution in [0.3, 0.4) is 0 Å². The molecule has 8 heteroatoms. The number of sulfonamides is 1. The van der Waals surface area contributed by atoms with Gasteiger partial charge in [-0.05, 0) is 49.4 Å². The van der Waals surface area contributed by atoms with Gasteiger partial charge in [-0.1, -0.05) is 26.0 Å². The Kier molecular flexibility index (Phi) is 6.78. The summed E-state index contributed by atoms with van der Waals surface area (Å²) in [6, 6.07) is 6.71. The maximum atomic E-state index is 12.3. The Balaban J connectivity index is 1.99. The number of benzene rings is 1. The van der Waals surface area contributed by atoms with E-state index >= 15 is 0 Å². The molecule has 0 spiro atoms. The minimum atomic E-state index is -3.61. The van der Waals surface area contributed by atoms with E-state index in [4.69, 9.17) is 5.14 Å². The van der Waals surface area contributed by atoms with Crippen LogP contribution in [0.15, 0.2) is 24.3 Å². The van der Waals surface area contributed by atoms with E-state index in [-0.39, 0.29) is 11.7 Å². The van der Waals surface area contributed by atoms with Crippen molar-refractivity contribution in [1.29, 1.82) is 0 Å². The van der Waals surface area contributed by atoms with Crippen molar-refractivity contribution in [3.8, 4) is 0 Å². The van der Waals surface area contributed by atoms with Gasteiger partial charge in [0, 0.05) is 24.3 Å². The number of nitrogens with two attached hydrogens (primary N) is 1. The SMILES string of the molecule is Cc1nn(CC(C)C)c(C)c1CCC(=O)Nc1cccc(CS(N)(=O)=O)c1. The number of carbonyl (C=O) groups is 1. The molecule has 0 aliphatic heterocycles. The van der Waals surface area contributed by atoms with Gasteiger partial charge in [0.15, 0.2) is 0 Å². The zero-order valence-electron chi connectivity index (χ0n) is 16.3. The number of anilines is 1. The number of aromatic nitrogens is 2. The summed E-state index contributed by atoms with van der Waals surface area (Å²) < 4.78 is 24.4. The third-order valence-corrected chi connectivity index (χ3v) is 4.99. The first-order valence-electron chi connectivity index (χ1n) is 8.97. The van der Waals surface area contributed by atoms with Crippen molar-refractivity contribution in [3.05, 3.63) is 46.8 Å². The van der Waals surface area contributed by atoms with Crippen LogP contribution in [0.1, 0.15) is 42.8 Å². The lowest BCUT2D eigenvalue weighted by atomic mass is 10.1. The topological polar surface area (TPSA) is 107 Å². The van der Waals surface area contributed by atoms with Crippen molar-refractivity contribution in [3.63, 3.8) is 0 Å². The predicted molar refractivity (Wildman–Crippen MR) is 107 cm³/mol. The van der Waals surface area contributed by atoms with E-state index in [0.29, 0.717) is 30.0 Å². The van der Waals surface area contributed by atoms with Crippen LogP contribution in [0.2, 0.25) is 0 Å². The summed E-state index contributed by atoms with van der Waals surface area (Å²) in [4.78, 5) is 12.3. The fraction of sp³-hybridized carbons (Fsp3) is 0.474. The first kappa shape index (κ1) is 21.1. The lowest BCUT2D eigenvalue weighted by molar-refractivity contribution is -0.116. The molecule has 3 N–H and O–H groups in total. The van der Waals surface area contributed by atoms with Gasteiger partial charge in [0.25, 0.3) is 0 Å². The summed E-state index contributed by atoms with van der Waals surface area (Å²) in [5.41, 5.74) is 4.26. The van der Waals surface area contributed by atoms with E-state index in [1.807, 2.05) is 18.5 Å². The monoisotopic (exact) mass is 392 g/mol. The first-order valence-corrected chi connectivity index (χ1v) is 10.7. The molecule has 7 nitrogen and oxygen atoms in total. The zero-order chi connectivity index (χ0) is 20.2. The zero-order valence-corrected chi connectivity index (χ0v) is 17.1. The largest absolute Gasteiger partial charge is 0.326 e. The highest BCUT2D eigenvalue weighted by Gasteiger charge is 2.14. The van der Waals surface area contributed by atoms with Crippen LogP contribution >= 0.6 is 0 Å². The molecule has 1 aromatic heterocycles. The Morgan fingerprint density at radius 3 is 2.63 bits per heavy atom. The number of hydrogen-bond acceptors (Lipinski definition) is 4. The average Bonchev–Trinajstić information content (AvgIpc) is 2.77. The van der Waals surface area contributed by atoms with Gasteiger partial charge in [-0.25, -0.2) is 13.6 Å². The first-order chi connectivity index (χ1) is 12.5. The minimum Gasteiger partial charge on any atom is -0.326 e. The molecular weight excluding hydrogens is 364 g/mol. The summed E-state index contributed by atoms with van der Waals surface area (Å²) in [6.45, 7) is 9.15. The highest BCUT2D eigenvalue weighted by molar-refractivity contribution is 7.88. The van der Waals surface area contributed by atoms with Crippen LogP contribution < -0.4 is 10.5 Å². The molecule has 0 saturated carbocycles. The maximum Gasteiger partial charge on any atom is 0.224 e. The molecule has 0 fully saturated rings. The average molecular weight is 393 g/mol. The Bertz CT molecular complexity index is 917. The highest BCUT2D eigenvalue weighted by atomic mass is 32.2. The van der Waals surface area contributed by atoms with Crippen LogP contribution in [0.5, 0.6) is 0 Å². The van der Waals surface area contributed by atoms with Crippen LogP contribution in [-0.2, 0) is 33.5 Å². The number of primary sulfonamides is 1. The molecule has 0 saturated heterocycles. The third kappa shape index (κ3) is 6.48. The fourth-order valence-electron chi connectivity index (χ4n) is 3.05. The quantitative estimate of drug-likeness (QED) is 0.720. The molecule has 1 heterocycles. The molecule has 0 unspecified atom stereocenters. The molecule has 1 aromatic carbocycles. The Hall–Kier alpha value is -2.19. The number of aryl methyl sites for hydroxylation is 1. The van der Waals surface area contributed by atoms with Crippen molar-refractivity contribution in [2.45, 2.75) is 52.8 Å². The summed E-state index contributed by atoms with van der Waals surface area (Å²) in [6.07, 6.45) is 0.937.